The van der Waals surface area contributed by atoms with Gasteiger partial charge in [0.05, 0.1) is 25.8 Å². The van der Waals surface area contributed by atoms with Crippen molar-refractivity contribution >= 4 is 35.5 Å². The summed E-state index contributed by atoms with van der Waals surface area (Å²) in [5.41, 5.74) is 0.326. The van der Waals surface area contributed by atoms with Crippen LogP contribution in [-0.2, 0) is 19.1 Å². The van der Waals surface area contributed by atoms with Gasteiger partial charge in [0.15, 0.2) is 22.7 Å². The van der Waals surface area contributed by atoms with Gasteiger partial charge in [0.25, 0.3) is 0 Å². The molecule has 0 aromatic heterocycles. The summed E-state index contributed by atoms with van der Waals surface area (Å²) < 4.78 is 21.5. The summed E-state index contributed by atoms with van der Waals surface area (Å²) in [6.45, 7) is 4.21. The summed E-state index contributed by atoms with van der Waals surface area (Å²) in [7, 11) is 1.40. The molecule has 2 heterocycles. The molecular weight excluding hydrogens is 564 g/mol. The van der Waals surface area contributed by atoms with Gasteiger partial charge in [0, 0.05) is 31.0 Å². The molecule has 3 aromatic carbocycles. The van der Waals surface area contributed by atoms with Crippen LogP contribution in [0.1, 0.15) is 48.2 Å². The van der Waals surface area contributed by atoms with Crippen LogP contribution in [0.25, 0.3) is 6.08 Å². The highest BCUT2D eigenvalue weighted by atomic mass is 16.6. The first-order chi connectivity index (χ1) is 21.2. The third-order valence-electron chi connectivity index (χ3n) is 7.81. The van der Waals surface area contributed by atoms with E-state index >= 15 is 0 Å². The molecule has 0 N–H and O–H groups in total. The van der Waals surface area contributed by atoms with E-state index < -0.39 is 41.3 Å². The first-order valence-electron chi connectivity index (χ1n) is 14.0. The molecule has 2 aliphatic heterocycles. The number of fused-ring (bicyclic) bond motifs is 3. The van der Waals surface area contributed by atoms with Crippen molar-refractivity contribution in [1.29, 1.82) is 5.26 Å². The number of nitriles is 1. The van der Waals surface area contributed by atoms with Crippen LogP contribution in [0.5, 0.6) is 17.2 Å². The number of ether oxygens (including phenoxy) is 4. The lowest BCUT2D eigenvalue weighted by Crippen LogP contribution is -2.47. The summed E-state index contributed by atoms with van der Waals surface area (Å²) in [4.78, 5) is 53.7. The second kappa shape index (κ2) is 12.1. The largest absolute Gasteiger partial charge is 0.493 e. The van der Waals surface area contributed by atoms with Gasteiger partial charge in [-0.25, -0.2) is 0 Å². The van der Waals surface area contributed by atoms with Crippen molar-refractivity contribution in [3.63, 3.8) is 0 Å². The van der Waals surface area contributed by atoms with E-state index in [1.54, 1.807) is 37.3 Å². The summed E-state index contributed by atoms with van der Waals surface area (Å²) in [5.74, 6) is -2.66. The fourth-order valence-electron chi connectivity index (χ4n) is 6.13. The van der Waals surface area contributed by atoms with Crippen LogP contribution in [0.2, 0.25) is 0 Å². The van der Waals surface area contributed by atoms with E-state index in [1.165, 1.54) is 39.2 Å². The zero-order chi connectivity index (χ0) is 31.6. The zero-order valence-corrected chi connectivity index (χ0v) is 24.6. The van der Waals surface area contributed by atoms with Crippen LogP contribution >= 0.6 is 0 Å². The van der Waals surface area contributed by atoms with Crippen molar-refractivity contribution in [2.24, 2.45) is 5.41 Å². The van der Waals surface area contributed by atoms with Gasteiger partial charge in [-0.3, -0.25) is 19.2 Å². The van der Waals surface area contributed by atoms with Gasteiger partial charge in [0.1, 0.15) is 11.8 Å². The van der Waals surface area contributed by atoms with Crippen LogP contribution in [0.4, 0.5) is 5.69 Å². The Morgan fingerprint density at radius 1 is 0.932 bits per heavy atom. The van der Waals surface area contributed by atoms with Crippen molar-refractivity contribution in [2.75, 3.05) is 18.6 Å². The normalized spacial score (nSPS) is 21.3. The van der Waals surface area contributed by atoms with E-state index in [-0.39, 0.29) is 35.2 Å². The van der Waals surface area contributed by atoms with Crippen molar-refractivity contribution in [3.8, 4) is 23.3 Å². The summed E-state index contributed by atoms with van der Waals surface area (Å²) >= 11 is 0. The van der Waals surface area contributed by atoms with Gasteiger partial charge < -0.3 is 23.8 Å². The van der Waals surface area contributed by atoms with Crippen molar-refractivity contribution < 1.29 is 38.1 Å². The molecule has 1 saturated heterocycles. The van der Waals surface area contributed by atoms with E-state index in [9.17, 15) is 24.4 Å². The average Bonchev–Trinajstić information content (AvgIpc) is 3.32. The predicted molar refractivity (Wildman–Crippen MR) is 159 cm³/mol. The molecule has 0 radical (unpaired) electrons. The first-order valence-corrected chi connectivity index (χ1v) is 14.0. The van der Waals surface area contributed by atoms with Crippen LogP contribution in [0, 0.1) is 16.7 Å². The average molecular weight is 595 g/mol. The molecule has 2 aliphatic rings. The van der Waals surface area contributed by atoms with Gasteiger partial charge in [0.2, 0.25) is 0 Å². The van der Waals surface area contributed by atoms with Gasteiger partial charge >= 0.3 is 17.9 Å². The minimum atomic E-state index is -1.87. The highest BCUT2D eigenvalue weighted by Crippen LogP contribution is 2.57. The number of Topliss-reactive ketones (excluding diaryl/α,β-unsaturated/α-hetero) is 1. The number of carbonyl (C=O) groups excluding carboxylic acids is 4. The number of benzene rings is 3. The molecule has 10 heteroatoms. The Labute approximate surface area is 254 Å². The Hall–Kier alpha value is -5.43. The maximum absolute atomic E-state index is 14.6. The number of hydrogen-bond acceptors (Lipinski definition) is 10. The van der Waals surface area contributed by atoms with Crippen molar-refractivity contribution in [2.45, 2.75) is 38.8 Å². The lowest BCUT2D eigenvalue weighted by Gasteiger charge is -2.36. The second-order valence-electron chi connectivity index (χ2n) is 10.4. The highest BCUT2D eigenvalue weighted by molar-refractivity contribution is 6.06. The van der Waals surface area contributed by atoms with E-state index in [2.05, 4.69) is 6.07 Å². The number of ketones is 1. The maximum atomic E-state index is 14.6. The predicted octanol–water partition coefficient (Wildman–Crippen LogP) is 4.87. The Kier molecular flexibility index (Phi) is 8.23. The molecule has 5 rings (SSSR count). The van der Waals surface area contributed by atoms with E-state index in [1.807, 2.05) is 35.2 Å². The number of esters is 3. The van der Waals surface area contributed by atoms with Crippen LogP contribution in [0.3, 0.4) is 0 Å². The Balaban J connectivity index is 1.76. The zero-order valence-electron chi connectivity index (χ0n) is 24.6. The lowest BCUT2D eigenvalue weighted by atomic mass is 9.68. The fourth-order valence-corrected chi connectivity index (χ4v) is 6.13. The Bertz CT molecular complexity index is 1710. The Morgan fingerprint density at radius 2 is 1.64 bits per heavy atom. The quantitative estimate of drug-likeness (QED) is 0.202. The highest BCUT2D eigenvalue weighted by Gasteiger charge is 2.67. The monoisotopic (exact) mass is 594 g/mol. The number of rotatable bonds is 8. The number of anilines is 1. The second-order valence-corrected chi connectivity index (χ2v) is 10.4. The summed E-state index contributed by atoms with van der Waals surface area (Å²) in [5, 5.41) is 11.0. The van der Waals surface area contributed by atoms with Gasteiger partial charge in [-0.05, 0) is 60.5 Å². The maximum Gasteiger partial charge on any atom is 0.329 e. The number of nitrogens with zero attached hydrogens (tertiary/aromatic N) is 2. The molecule has 10 nitrogen and oxygen atoms in total. The molecule has 0 saturated carbocycles. The molecule has 1 fully saturated rings. The standard InChI is InChI=1S/C34H30N2O8/c1-5-42-33(40)34(19-35)29-17-13-22-8-6-7-9-26(22)36(29)31(32(39)23-10-14-25(15-11-23)43-20(2)37)30(34)24-12-16-27(44-21(3)38)28(18-24)41-4/h6-18,29-31H,5H2,1-4H3/t29-,30-,31+,34-/m0/s1. The smallest absolute Gasteiger partial charge is 0.329 e. The van der Waals surface area contributed by atoms with E-state index in [0.29, 0.717) is 11.3 Å². The minimum Gasteiger partial charge on any atom is -0.493 e. The summed E-state index contributed by atoms with van der Waals surface area (Å²) in [6.07, 6.45) is 3.60. The fraction of sp³-hybridized carbons (Fsp3) is 0.265. The summed E-state index contributed by atoms with van der Waals surface area (Å²) in [6, 6.07) is 18.6. The van der Waals surface area contributed by atoms with Crippen LogP contribution < -0.4 is 19.1 Å². The molecule has 0 aliphatic carbocycles. The Morgan fingerprint density at radius 3 is 2.27 bits per heavy atom. The van der Waals surface area contributed by atoms with Crippen molar-refractivity contribution in [1.82, 2.24) is 0 Å². The third-order valence-corrected chi connectivity index (χ3v) is 7.81. The third kappa shape index (κ3) is 5.07. The molecule has 3 aromatic rings. The lowest BCUT2D eigenvalue weighted by molar-refractivity contribution is -0.152. The number of para-hydroxylation sites is 1. The first kappa shape index (κ1) is 30.0. The molecule has 0 amide bonds. The molecule has 44 heavy (non-hydrogen) atoms. The molecule has 0 bridgehead atoms. The van der Waals surface area contributed by atoms with E-state index in [0.717, 1.165) is 5.56 Å². The van der Waals surface area contributed by atoms with Crippen LogP contribution in [0.15, 0.2) is 72.8 Å². The molecule has 0 unspecified atom stereocenters. The molecule has 224 valence electrons. The van der Waals surface area contributed by atoms with Crippen LogP contribution in [-0.4, -0.2) is 49.5 Å². The van der Waals surface area contributed by atoms with E-state index in [4.69, 9.17) is 18.9 Å². The number of hydrogen-bond donors (Lipinski definition) is 0. The molecule has 0 spiro atoms. The van der Waals surface area contributed by atoms with Gasteiger partial charge in [-0.2, -0.15) is 5.26 Å². The SMILES string of the molecule is CCOC(=O)[C@@]1(C#N)[C@@H]2C=Cc3ccccc3N2[C@@H](C(=O)c2ccc(OC(C)=O)cc2)[C@@H]1c1ccc(OC(C)=O)c(OC)c1. The van der Waals surface area contributed by atoms with Gasteiger partial charge in [-0.1, -0.05) is 36.4 Å². The molecule has 4 atom stereocenters. The van der Waals surface area contributed by atoms with Crippen molar-refractivity contribution in [3.05, 3.63) is 89.5 Å². The topological polar surface area (TPSA) is 132 Å². The van der Waals surface area contributed by atoms with Gasteiger partial charge in [-0.15, -0.1) is 0 Å². The minimum absolute atomic E-state index is 0.0208. The number of methoxy groups -OCH3 is 1. The number of carbonyl (C=O) groups is 4. The molecular formula is C34H30N2O8.